The number of ether oxygens (including phenoxy) is 3. The summed E-state index contributed by atoms with van der Waals surface area (Å²) in [7, 11) is 0. The molecule has 3 atom stereocenters. The van der Waals surface area contributed by atoms with E-state index in [9.17, 15) is 19.2 Å². The van der Waals surface area contributed by atoms with Crippen LogP contribution < -0.4 is 10.1 Å². The van der Waals surface area contributed by atoms with Gasteiger partial charge in [-0.1, -0.05) is 74.6 Å². The van der Waals surface area contributed by atoms with Gasteiger partial charge in [-0.15, -0.1) is 0 Å². The van der Waals surface area contributed by atoms with Gasteiger partial charge in [-0.2, -0.15) is 0 Å². The lowest BCUT2D eigenvalue weighted by molar-refractivity contribution is -0.147. The molecule has 1 amide bonds. The number of carbonyl (C=O) groups is 4. The van der Waals surface area contributed by atoms with Gasteiger partial charge in [0.2, 0.25) is 0 Å². The highest BCUT2D eigenvalue weighted by atomic mass is 16.6. The summed E-state index contributed by atoms with van der Waals surface area (Å²) in [5.41, 5.74) is 0.968. The summed E-state index contributed by atoms with van der Waals surface area (Å²) in [6.07, 6.45) is 4.17. The molecule has 0 bridgehead atoms. The summed E-state index contributed by atoms with van der Waals surface area (Å²) < 4.78 is 16.6. The third-order valence-electron chi connectivity index (χ3n) is 7.30. The van der Waals surface area contributed by atoms with Gasteiger partial charge in [-0.3, -0.25) is 14.4 Å². The molecule has 2 aromatic carbocycles. The second-order valence-corrected chi connectivity index (χ2v) is 11.7. The molecular formula is C32H39NO7. The monoisotopic (exact) mass is 549 g/mol. The van der Waals surface area contributed by atoms with Gasteiger partial charge in [0.15, 0.2) is 23.6 Å². The van der Waals surface area contributed by atoms with Gasteiger partial charge >= 0.3 is 12.1 Å². The molecule has 4 rings (SSSR count). The number of Topliss-reactive ketones (excluding diaryl/α,β-unsaturated/α-hetero) is 2. The second-order valence-electron chi connectivity index (χ2n) is 11.7. The van der Waals surface area contributed by atoms with E-state index in [0.717, 1.165) is 36.8 Å². The highest BCUT2D eigenvalue weighted by Gasteiger charge is 2.50. The number of carbonyl (C=O) groups excluding carboxylic acids is 4. The fourth-order valence-electron chi connectivity index (χ4n) is 5.29. The van der Waals surface area contributed by atoms with Crippen LogP contribution in [0.5, 0.6) is 5.75 Å². The normalized spacial score (nSPS) is 20.5. The molecule has 2 aromatic rings. The van der Waals surface area contributed by atoms with Crippen molar-refractivity contribution in [2.75, 3.05) is 0 Å². The Morgan fingerprint density at radius 1 is 0.950 bits per heavy atom. The fourth-order valence-corrected chi connectivity index (χ4v) is 5.29. The number of esters is 1. The van der Waals surface area contributed by atoms with Crippen molar-refractivity contribution in [2.24, 2.45) is 11.8 Å². The Hall–Kier alpha value is -3.68. The van der Waals surface area contributed by atoms with Crippen LogP contribution in [0.4, 0.5) is 4.79 Å². The Bertz CT molecular complexity index is 1180. The third-order valence-corrected chi connectivity index (χ3v) is 7.30. The molecule has 40 heavy (non-hydrogen) atoms. The van der Waals surface area contributed by atoms with Gasteiger partial charge in [-0.05, 0) is 62.8 Å². The molecule has 0 radical (unpaired) electrons. The number of amides is 1. The minimum absolute atomic E-state index is 0.0708. The van der Waals surface area contributed by atoms with Crippen molar-refractivity contribution in [3.63, 3.8) is 0 Å². The first-order valence-corrected chi connectivity index (χ1v) is 14.1. The highest BCUT2D eigenvalue weighted by Crippen LogP contribution is 2.32. The van der Waals surface area contributed by atoms with Crippen LogP contribution in [0.25, 0.3) is 0 Å². The number of ketones is 2. The lowest BCUT2D eigenvalue weighted by Gasteiger charge is -2.24. The molecule has 1 aliphatic heterocycles. The average Bonchev–Trinajstić information content (AvgIpc) is 3.19. The van der Waals surface area contributed by atoms with Crippen LogP contribution in [0, 0.1) is 11.8 Å². The first-order chi connectivity index (χ1) is 19.1. The number of benzene rings is 2. The minimum Gasteiger partial charge on any atom is -0.489 e. The zero-order valence-corrected chi connectivity index (χ0v) is 23.5. The van der Waals surface area contributed by atoms with Crippen molar-refractivity contribution in [3.8, 4) is 5.75 Å². The largest absolute Gasteiger partial charge is 0.489 e. The highest BCUT2D eigenvalue weighted by molar-refractivity contribution is 6.23. The number of hydrogen-bond donors (Lipinski definition) is 1. The van der Waals surface area contributed by atoms with E-state index < -0.39 is 47.3 Å². The van der Waals surface area contributed by atoms with E-state index in [1.807, 2.05) is 30.3 Å². The molecular weight excluding hydrogens is 510 g/mol. The molecule has 1 saturated heterocycles. The SMILES string of the molecule is CC(C)(C)OC(=O)NC(Cc1ccc(OCc2ccccc2)cc1)C(=O)C1C(=O)OC(CC2CCCCC2)C1=O. The molecule has 1 saturated carbocycles. The molecule has 1 aliphatic carbocycles. The summed E-state index contributed by atoms with van der Waals surface area (Å²) in [5.74, 6) is -2.63. The van der Waals surface area contributed by atoms with E-state index in [4.69, 9.17) is 14.2 Å². The van der Waals surface area contributed by atoms with Crippen LogP contribution in [-0.4, -0.2) is 41.4 Å². The number of hydrogen-bond acceptors (Lipinski definition) is 7. The van der Waals surface area contributed by atoms with Crippen molar-refractivity contribution in [2.45, 2.75) is 90.1 Å². The first-order valence-electron chi connectivity index (χ1n) is 14.1. The van der Waals surface area contributed by atoms with Crippen molar-refractivity contribution in [1.29, 1.82) is 0 Å². The number of nitrogens with one attached hydrogen (secondary N) is 1. The van der Waals surface area contributed by atoms with Gasteiger partial charge in [0.05, 0.1) is 6.04 Å². The smallest absolute Gasteiger partial charge is 0.408 e. The van der Waals surface area contributed by atoms with Crippen molar-refractivity contribution in [3.05, 3.63) is 65.7 Å². The van der Waals surface area contributed by atoms with Gasteiger partial charge < -0.3 is 19.5 Å². The topological polar surface area (TPSA) is 108 Å². The summed E-state index contributed by atoms with van der Waals surface area (Å²) in [6.45, 7) is 5.55. The molecule has 8 nitrogen and oxygen atoms in total. The van der Waals surface area contributed by atoms with Gasteiger partial charge in [0.1, 0.15) is 18.0 Å². The molecule has 214 valence electrons. The van der Waals surface area contributed by atoms with Crippen LogP contribution in [-0.2, 0) is 36.9 Å². The lowest BCUT2D eigenvalue weighted by atomic mass is 9.83. The summed E-state index contributed by atoms with van der Waals surface area (Å²) >= 11 is 0. The Balaban J connectivity index is 1.45. The van der Waals surface area contributed by atoms with Crippen molar-refractivity contribution in [1.82, 2.24) is 5.32 Å². The Morgan fingerprint density at radius 2 is 1.62 bits per heavy atom. The number of rotatable bonds is 10. The second kappa shape index (κ2) is 13.1. The van der Waals surface area contributed by atoms with Crippen molar-refractivity contribution >= 4 is 23.6 Å². The molecule has 0 spiro atoms. The molecule has 2 fully saturated rings. The Labute approximate surface area is 235 Å². The van der Waals surface area contributed by atoms with E-state index in [1.54, 1.807) is 45.0 Å². The van der Waals surface area contributed by atoms with E-state index in [1.165, 1.54) is 6.42 Å². The van der Waals surface area contributed by atoms with Gasteiger partial charge in [0, 0.05) is 0 Å². The van der Waals surface area contributed by atoms with Gasteiger partial charge in [0.25, 0.3) is 0 Å². The lowest BCUT2D eigenvalue weighted by Crippen LogP contribution is -2.49. The number of alkyl carbamates (subject to hydrolysis) is 1. The zero-order chi connectivity index (χ0) is 28.7. The average molecular weight is 550 g/mol. The fraction of sp³-hybridized carbons (Fsp3) is 0.500. The standard InChI is InChI=1S/C32H39NO7/c1-32(2,3)40-31(37)33-25(18-22-14-16-24(17-15-22)38-20-23-12-8-5-9-13-23)28(34)27-29(35)26(39-30(27)36)19-21-10-6-4-7-11-21/h5,8-9,12-17,21,25-27H,4,6-7,10-11,18-20H2,1-3H3,(H,33,37). The number of cyclic esters (lactones) is 1. The molecule has 0 aromatic heterocycles. The van der Waals surface area contributed by atoms with E-state index in [0.29, 0.717) is 24.7 Å². The zero-order valence-electron chi connectivity index (χ0n) is 23.5. The van der Waals surface area contributed by atoms with Crippen LogP contribution in [0.1, 0.15) is 70.4 Å². The first kappa shape index (κ1) is 29.3. The summed E-state index contributed by atoms with van der Waals surface area (Å²) in [4.78, 5) is 52.2. The molecule has 1 N–H and O–H groups in total. The minimum atomic E-state index is -1.55. The van der Waals surface area contributed by atoms with E-state index >= 15 is 0 Å². The predicted molar refractivity (Wildman–Crippen MR) is 149 cm³/mol. The maximum atomic E-state index is 13.6. The van der Waals surface area contributed by atoms with Crippen molar-refractivity contribution < 1.29 is 33.4 Å². The molecule has 2 aliphatic rings. The van der Waals surface area contributed by atoms with Crippen LogP contribution in [0.3, 0.4) is 0 Å². The summed E-state index contributed by atoms with van der Waals surface area (Å²) in [6, 6.07) is 15.8. The maximum absolute atomic E-state index is 13.6. The third kappa shape index (κ3) is 8.16. The van der Waals surface area contributed by atoms with E-state index in [-0.39, 0.29) is 6.42 Å². The van der Waals surface area contributed by atoms with Crippen LogP contribution in [0.2, 0.25) is 0 Å². The predicted octanol–water partition coefficient (Wildman–Crippen LogP) is 5.35. The summed E-state index contributed by atoms with van der Waals surface area (Å²) in [5, 5.41) is 2.60. The van der Waals surface area contributed by atoms with Gasteiger partial charge in [-0.25, -0.2) is 4.79 Å². The molecule has 8 heteroatoms. The Kier molecular flexibility index (Phi) is 9.61. The quantitative estimate of drug-likeness (QED) is 0.314. The van der Waals surface area contributed by atoms with E-state index in [2.05, 4.69) is 5.32 Å². The molecule has 1 heterocycles. The van der Waals surface area contributed by atoms with Crippen LogP contribution >= 0.6 is 0 Å². The molecule has 3 unspecified atom stereocenters. The maximum Gasteiger partial charge on any atom is 0.408 e. The van der Waals surface area contributed by atoms with Crippen LogP contribution in [0.15, 0.2) is 54.6 Å². The Morgan fingerprint density at radius 3 is 2.27 bits per heavy atom.